The molecule has 1 amide bonds. The van der Waals surface area contributed by atoms with Gasteiger partial charge in [-0.1, -0.05) is 35.3 Å². The van der Waals surface area contributed by atoms with Crippen molar-refractivity contribution < 1.29 is 18.7 Å². The van der Waals surface area contributed by atoms with Crippen LogP contribution in [0.5, 0.6) is 0 Å². The summed E-state index contributed by atoms with van der Waals surface area (Å²) < 4.78 is 25.7. The highest BCUT2D eigenvalue weighted by molar-refractivity contribution is 6.36. The normalized spacial score (nSPS) is 16.9. The summed E-state index contributed by atoms with van der Waals surface area (Å²) in [5.41, 5.74) is 1.58. The van der Waals surface area contributed by atoms with Gasteiger partial charge in [0, 0.05) is 34.5 Å². The molecule has 0 radical (unpaired) electrons. The Morgan fingerprint density at radius 2 is 1.86 bits per heavy atom. The highest BCUT2D eigenvalue weighted by atomic mass is 35.5. The van der Waals surface area contributed by atoms with Crippen LogP contribution in [0.3, 0.4) is 0 Å². The predicted octanol–water partition coefficient (Wildman–Crippen LogP) is 7.06. The van der Waals surface area contributed by atoms with Crippen LogP contribution in [0.2, 0.25) is 10.2 Å². The molecule has 0 bridgehead atoms. The van der Waals surface area contributed by atoms with E-state index in [1.54, 1.807) is 23.1 Å². The van der Waals surface area contributed by atoms with E-state index in [2.05, 4.69) is 10.2 Å². The van der Waals surface area contributed by atoms with Gasteiger partial charge in [-0.25, -0.2) is 9.18 Å². The second-order valence-corrected chi connectivity index (χ2v) is 11.0. The number of ether oxygens (including phenoxy) is 2. The number of carbonyl (C=O) groups excluding carboxylic acids is 1. The van der Waals surface area contributed by atoms with Crippen molar-refractivity contribution in [3.8, 4) is 0 Å². The molecule has 2 heterocycles. The molecule has 1 saturated heterocycles. The van der Waals surface area contributed by atoms with Gasteiger partial charge in [-0.05, 0) is 70.4 Å². The van der Waals surface area contributed by atoms with Crippen molar-refractivity contribution in [3.05, 3.63) is 63.5 Å². The molecule has 0 aliphatic carbocycles. The van der Waals surface area contributed by atoms with Gasteiger partial charge in [0.1, 0.15) is 16.6 Å². The van der Waals surface area contributed by atoms with E-state index in [0.29, 0.717) is 48.2 Å². The number of carbonyl (C=O) groups is 1. The highest BCUT2D eigenvalue weighted by Gasteiger charge is 2.39. The Kier molecular flexibility index (Phi) is 7.32. The highest BCUT2D eigenvalue weighted by Crippen LogP contribution is 2.39. The Morgan fingerprint density at radius 3 is 2.49 bits per heavy atom. The number of hydrogen-bond donors (Lipinski definition) is 1. The minimum absolute atomic E-state index is 0.291. The summed E-state index contributed by atoms with van der Waals surface area (Å²) in [4.78, 5) is 14.3. The lowest BCUT2D eigenvalue weighted by Crippen LogP contribution is -2.48. The number of H-pyrrole nitrogens is 1. The van der Waals surface area contributed by atoms with Crippen LogP contribution in [0.15, 0.2) is 36.4 Å². The Bertz CT molecular complexity index is 1200. The van der Waals surface area contributed by atoms with Crippen molar-refractivity contribution in [3.63, 3.8) is 0 Å². The molecule has 0 saturated carbocycles. The quantitative estimate of drug-likeness (QED) is 0.390. The van der Waals surface area contributed by atoms with Gasteiger partial charge in [0.2, 0.25) is 0 Å². The summed E-state index contributed by atoms with van der Waals surface area (Å²) in [5.74, 6) is -0.291. The third-order valence-electron chi connectivity index (χ3n) is 6.48. The Morgan fingerprint density at radius 1 is 1.20 bits per heavy atom. The zero-order chi connectivity index (χ0) is 25.4. The standard InChI is InChI=1S/C26H30Cl2FN3O3/c1-16(20-13-18(27)14-21-22(20)30-31-23(21)28)34-15-26(17-5-7-19(29)8-6-17)9-11-32(12-10-26)24(33)35-25(2,3)4/h5-8,13-14,16H,9-12,15H2,1-4H3,(H,30,31)/t16-/m0/s1. The first-order valence-electron chi connectivity index (χ1n) is 11.7. The molecule has 3 aromatic rings. The molecule has 0 unspecified atom stereocenters. The first-order valence-corrected chi connectivity index (χ1v) is 12.4. The van der Waals surface area contributed by atoms with Crippen LogP contribution in [-0.4, -0.2) is 46.5 Å². The average molecular weight is 522 g/mol. The largest absolute Gasteiger partial charge is 0.444 e. The van der Waals surface area contributed by atoms with Crippen LogP contribution >= 0.6 is 23.2 Å². The Balaban J connectivity index is 1.55. The third kappa shape index (κ3) is 5.74. The van der Waals surface area contributed by atoms with Crippen LogP contribution in [0.4, 0.5) is 9.18 Å². The predicted molar refractivity (Wildman–Crippen MR) is 136 cm³/mol. The van der Waals surface area contributed by atoms with Crippen molar-refractivity contribution in [2.24, 2.45) is 0 Å². The molecular formula is C26H30Cl2FN3O3. The monoisotopic (exact) mass is 521 g/mol. The maximum absolute atomic E-state index is 13.7. The van der Waals surface area contributed by atoms with Crippen LogP contribution in [0.25, 0.3) is 10.9 Å². The minimum atomic E-state index is -0.557. The van der Waals surface area contributed by atoms with Gasteiger partial charge in [0.25, 0.3) is 0 Å². The van der Waals surface area contributed by atoms with Crippen molar-refractivity contribution in [2.75, 3.05) is 19.7 Å². The molecule has 1 aromatic heterocycles. The summed E-state index contributed by atoms with van der Waals surface area (Å²) in [6, 6.07) is 10.1. The number of hydrogen-bond acceptors (Lipinski definition) is 4. The number of amides is 1. The van der Waals surface area contributed by atoms with Gasteiger partial charge in [0.15, 0.2) is 0 Å². The molecule has 1 N–H and O–H groups in total. The van der Waals surface area contributed by atoms with Crippen molar-refractivity contribution in [1.82, 2.24) is 15.1 Å². The summed E-state index contributed by atoms with van der Waals surface area (Å²) in [5, 5.41) is 8.82. The lowest BCUT2D eigenvalue weighted by Gasteiger charge is -2.42. The van der Waals surface area contributed by atoms with Crippen molar-refractivity contribution >= 4 is 40.2 Å². The SMILES string of the molecule is C[C@H](OCC1(c2ccc(F)cc2)CCN(C(=O)OC(C)(C)C)CC1)c1cc(Cl)cc2c(Cl)[nH]nc12. The first-order chi connectivity index (χ1) is 16.5. The van der Waals surface area contributed by atoms with Gasteiger partial charge in [-0.3, -0.25) is 5.10 Å². The fourth-order valence-electron chi connectivity index (χ4n) is 4.53. The second kappa shape index (κ2) is 9.96. The van der Waals surface area contributed by atoms with Gasteiger partial charge in [-0.15, -0.1) is 0 Å². The molecule has 9 heteroatoms. The number of aromatic amines is 1. The van der Waals surface area contributed by atoms with Gasteiger partial charge < -0.3 is 14.4 Å². The number of aromatic nitrogens is 2. The second-order valence-electron chi connectivity index (χ2n) is 10.1. The van der Waals surface area contributed by atoms with E-state index < -0.39 is 5.60 Å². The molecule has 1 atom stereocenters. The average Bonchev–Trinajstić information content (AvgIpc) is 3.17. The van der Waals surface area contributed by atoms with E-state index in [1.165, 1.54) is 12.1 Å². The number of nitrogens with zero attached hydrogens (tertiary/aromatic N) is 2. The topological polar surface area (TPSA) is 67.4 Å². The summed E-state index contributed by atoms with van der Waals surface area (Å²) in [6.45, 7) is 8.92. The fraction of sp³-hybridized carbons (Fsp3) is 0.462. The zero-order valence-electron chi connectivity index (χ0n) is 20.3. The van der Waals surface area contributed by atoms with Crippen LogP contribution < -0.4 is 0 Å². The molecule has 0 spiro atoms. The van der Waals surface area contributed by atoms with Crippen LogP contribution in [-0.2, 0) is 14.9 Å². The third-order valence-corrected chi connectivity index (χ3v) is 6.99. The summed E-state index contributed by atoms with van der Waals surface area (Å²) in [7, 11) is 0. The van der Waals surface area contributed by atoms with E-state index in [1.807, 2.05) is 33.8 Å². The van der Waals surface area contributed by atoms with Crippen molar-refractivity contribution in [2.45, 2.75) is 57.7 Å². The Hall–Kier alpha value is -2.35. The summed E-state index contributed by atoms with van der Waals surface area (Å²) >= 11 is 12.6. The van der Waals surface area contributed by atoms with Crippen molar-refractivity contribution in [1.29, 1.82) is 0 Å². The molecule has 35 heavy (non-hydrogen) atoms. The van der Waals surface area contributed by atoms with Gasteiger partial charge in [-0.2, -0.15) is 5.10 Å². The number of fused-ring (bicyclic) bond motifs is 1. The number of nitrogens with one attached hydrogen (secondary N) is 1. The molecular weight excluding hydrogens is 492 g/mol. The smallest absolute Gasteiger partial charge is 0.410 e. The van der Waals surface area contributed by atoms with E-state index in [0.717, 1.165) is 16.5 Å². The maximum atomic E-state index is 13.7. The van der Waals surface area contributed by atoms with Crippen LogP contribution in [0, 0.1) is 5.82 Å². The van der Waals surface area contributed by atoms with E-state index in [9.17, 15) is 9.18 Å². The summed E-state index contributed by atoms with van der Waals surface area (Å²) in [6.07, 6.45) is 0.668. The molecule has 188 valence electrons. The minimum Gasteiger partial charge on any atom is -0.444 e. The number of rotatable bonds is 5. The van der Waals surface area contributed by atoms with E-state index >= 15 is 0 Å². The molecule has 1 aliphatic rings. The maximum Gasteiger partial charge on any atom is 0.410 e. The number of halogens is 3. The fourth-order valence-corrected chi connectivity index (χ4v) is 4.94. The zero-order valence-corrected chi connectivity index (χ0v) is 21.8. The number of likely N-dealkylation sites (tertiary alicyclic amines) is 1. The van der Waals surface area contributed by atoms with E-state index in [-0.39, 0.29) is 23.4 Å². The van der Waals surface area contributed by atoms with Gasteiger partial charge in [0.05, 0.1) is 18.2 Å². The van der Waals surface area contributed by atoms with Gasteiger partial charge >= 0.3 is 6.09 Å². The molecule has 4 rings (SSSR count). The van der Waals surface area contributed by atoms with E-state index in [4.69, 9.17) is 32.7 Å². The Labute approximate surface area is 214 Å². The number of benzene rings is 2. The molecule has 6 nitrogen and oxygen atoms in total. The molecule has 2 aromatic carbocycles. The van der Waals surface area contributed by atoms with Crippen LogP contribution in [0.1, 0.15) is 57.8 Å². The first kappa shape index (κ1) is 25.7. The molecule has 1 fully saturated rings. The lowest BCUT2D eigenvalue weighted by molar-refractivity contribution is -0.00933. The number of piperidine rings is 1. The lowest BCUT2D eigenvalue weighted by atomic mass is 9.73. The molecule has 1 aliphatic heterocycles.